The van der Waals surface area contributed by atoms with Gasteiger partial charge in [-0.15, -0.1) is 0 Å². The van der Waals surface area contributed by atoms with Gasteiger partial charge in [-0.3, -0.25) is 9.63 Å². The number of phenols is 1. The largest absolute Gasteiger partial charge is 0.507 e. The van der Waals surface area contributed by atoms with Crippen LogP contribution in [0.15, 0.2) is 72.8 Å². The molecular weight excluding hydrogens is 382 g/mol. The number of ether oxygens (including phenoxy) is 1. The van der Waals surface area contributed by atoms with E-state index < -0.39 is 5.79 Å². The summed E-state index contributed by atoms with van der Waals surface area (Å²) in [6.07, 6.45) is 0.788. The van der Waals surface area contributed by atoms with Crippen LogP contribution in [-0.2, 0) is 10.6 Å². The van der Waals surface area contributed by atoms with E-state index in [1.54, 1.807) is 60.6 Å². The van der Waals surface area contributed by atoms with Gasteiger partial charge in [0.25, 0.3) is 0 Å². The van der Waals surface area contributed by atoms with Crippen LogP contribution >= 0.6 is 0 Å². The Labute approximate surface area is 174 Å². The minimum Gasteiger partial charge on any atom is -0.507 e. The van der Waals surface area contributed by atoms with Crippen LogP contribution in [-0.4, -0.2) is 41.8 Å². The van der Waals surface area contributed by atoms with Crippen molar-refractivity contribution < 1.29 is 24.6 Å². The molecule has 154 valence electrons. The van der Waals surface area contributed by atoms with Crippen molar-refractivity contribution in [2.24, 2.45) is 0 Å². The zero-order valence-electron chi connectivity index (χ0n) is 16.6. The molecule has 30 heavy (non-hydrogen) atoms. The Morgan fingerprint density at radius 1 is 1.13 bits per heavy atom. The Hall–Kier alpha value is -3.19. The number of nitrogens with zero attached hydrogens (tertiary/aromatic N) is 1. The Bertz CT molecular complexity index is 1020. The van der Waals surface area contributed by atoms with Gasteiger partial charge in [-0.25, -0.2) is 0 Å². The fraction of sp³-hybridized carbons (Fsp3) is 0.208. The SMILES string of the molecule is CN1CC(COc2ccc(C=O)cc2)c2ccc(O)c(c2)C(O)(c2ccccc2)O1. The third-order valence-electron chi connectivity index (χ3n) is 5.25. The number of hydrogen-bond acceptors (Lipinski definition) is 6. The van der Waals surface area contributed by atoms with E-state index in [9.17, 15) is 15.0 Å². The highest BCUT2D eigenvalue weighted by Gasteiger charge is 2.40. The predicted molar refractivity (Wildman–Crippen MR) is 111 cm³/mol. The molecule has 1 aliphatic rings. The van der Waals surface area contributed by atoms with Crippen LogP contribution < -0.4 is 4.74 Å². The van der Waals surface area contributed by atoms with Crippen molar-refractivity contribution in [3.63, 3.8) is 0 Å². The van der Waals surface area contributed by atoms with Gasteiger partial charge in [-0.1, -0.05) is 36.4 Å². The van der Waals surface area contributed by atoms with Crippen molar-refractivity contribution in [2.75, 3.05) is 20.2 Å². The van der Waals surface area contributed by atoms with Crippen molar-refractivity contribution in [2.45, 2.75) is 11.7 Å². The van der Waals surface area contributed by atoms with Crippen molar-refractivity contribution in [3.05, 3.63) is 95.1 Å². The van der Waals surface area contributed by atoms with Gasteiger partial charge >= 0.3 is 0 Å². The molecule has 2 unspecified atom stereocenters. The first-order chi connectivity index (χ1) is 14.5. The third kappa shape index (κ3) is 3.93. The fourth-order valence-corrected chi connectivity index (χ4v) is 3.67. The number of hydrogen-bond donors (Lipinski definition) is 2. The molecule has 1 heterocycles. The van der Waals surface area contributed by atoms with Gasteiger partial charge in [0.15, 0.2) is 0 Å². The van der Waals surface area contributed by atoms with Crippen molar-refractivity contribution in [1.82, 2.24) is 5.06 Å². The number of benzene rings is 3. The van der Waals surface area contributed by atoms with Gasteiger partial charge in [-0.2, -0.15) is 5.06 Å². The number of carbonyl (C=O) groups is 1. The van der Waals surface area contributed by atoms with Crippen LogP contribution in [0.1, 0.15) is 33.0 Å². The minimum atomic E-state index is -1.81. The smallest absolute Gasteiger partial charge is 0.241 e. The van der Waals surface area contributed by atoms with Crippen LogP contribution in [0, 0.1) is 0 Å². The monoisotopic (exact) mass is 405 g/mol. The first-order valence-corrected chi connectivity index (χ1v) is 9.69. The van der Waals surface area contributed by atoms with Crippen molar-refractivity contribution in [3.8, 4) is 11.5 Å². The highest BCUT2D eigenvalue weighted by molar-refractivity contribution is 5.74. The summed E-state index contributed by atoms with van der Waals surface area (Å²) in [5, 5.41) is 23.5. The number of aliphatic hydroxyl groups is 1. The molecule has 0 saturated carbocycles. The van der Waals surface area contributed by atoms with Crippen molar-refractivity contribution in [1.29, 1.82) is 0 Å². The lowest BCUT2D eigenvalue weighted by atomic mass is 9.90. The highest BCUT2D eigenvalue weighted by Crippen LogP contribution is 2.40. The summed E-state index contributed by atoms with van der Waals surface area (Å²) in [6.45, 7) is 0.827. The maximum atomic E-state index is 11.4. The first-order valence-electron chi connectivity index (χ1n) is 9.69. The molecule has 2 N–H and O–H groups in total. The van der Waals surface area contributed by atoms with Gasteiger partial charge in [0.05, 0.1) is 12.2 Å². The Kier molecular flexibility index (Phi) is 5.55. The van der Waals surface area contributed by atoms with Crippen LogP contribution in [0.5, 0.6) is 11.5 Å². The number of hydroxylamine groups is 2. The summed E-state index contributed by atoms with van der Waals surface area (Å²) in [6, 6.07) is 21.0. The van der Waals surface area contributed by atoms with E-state index in [-0.39, 0.29) is 17.2 Å². The molecule has 4 rings (SSSR count). The number of rotatable bonds is 5. The van der Waals surface area contributed by atoms with Crippen LogP contribution in [0.25, 0.3) is 0 Å². The lowest BCUT2D eigenvalue weighted by Gasteiger charge is -2.37. The Morgan fingerprint density at radius 3 is 2.57 bits per heavy atom. The third-order valence-corrected chi connectivity index (χ3v) is 5.25. The number of aromatic hydroxyl groups is 1. The number of fused-ring (bicyclic) bond motifs is 2. The van der Waals surface area contributed by atoms with E-state index in [0.29, 0.717) is 30.0 Å². The number of likely N-dealkylation sites (N-methyl/N-ethyl adjacent to an activating group) is 1. The maximum absolute atomic E-state index is 11.4. The van der Waals surface area contributed by atoms with Gasteiger partial charge < -0.3 is 14.9 Å². The molecule has 0 aliphatic carbocycles. The van der Waals surface area contributed by atoms with Gasteiger partial charge in [0.2, 0.25) is 5.79 Å². The fourth-order valence-electron chi connectivity index (χ4n) is 3.67. The van der Waals surface area contributed by atoms with E-state index >= 15 is 0 Å². The molecular formula is C24H23NO5. The molecule has 6 nitrogen and oxygen atoms in total. The molecule has 0 spiro atoms. The molecule has 0 radical (unpaired) electrons. The number of carbonyl (C=O) groups excluding carboxylic acids is 1. The summed E-state index contributed by atoms with van der Waals surface area (Å²) in [7, 11) is 1.74. The molecule has 0 saturated heterocycles. The van der Waals surface area contributed by atoms with Crippen LogP contribution in [0.3, 0.4) is 0 Å². The number of phenolic OH excluding ortho intramolecular Hbond substituents is 1. The standard InChI is InChI=1S/C24H23NO5/c1-25-14-19(16-29-21-10-7-17(15-26)8-11-21)18-9-12-23(27)22(13-18)24(28,30-25)20-5-3-2-4-6-20/h2-13,15,19,27-28H,14,16H2,1H3. The van der Waals surface area contributed by atoms with E-state index in [2.05, 4.69) is 0 Å². The van der Waals surface area contributed by atoms with Crippen molar-refractivity contribution >= 4 is 6.29 Å². The molecule has 0 fully saturated rings. The van der Waals surface area contributed by atoms with E-state index in [1.165, 1.54) is 0 Å². The topological polar surface area (TPSA) is 79.2 Å². The Morgan fingerprint density at radius 2 is 1.87 bits per heavy atom. The molecule has 2 bridgehead atoms. The molecule has 0 amide bonds. The predicted octanol–water partition coefficient (Wildman–Crippen LogP) is 3.44. The normalized spacial score (nSPS) is 21.5. The highest BCUT2D eigenvalue weighted by atomic mass is 16.8. The summed E-state index contributed by atoms with van der Waals surface area (Å²) in [5.74, 6) is -1.27. The second kappa shape index (κ2) is 8.28. The van der Waals surface area contributed by atoms with Gasteiger partial charge in [0, 0.05) is 30.6 Å². The summed E-state index contributed by atoms with van der Waals surface area (Å²) in [5.41, 5.74) is 2.30. The number of aldehydes is 1. The average Bonchev–Trinajstić information content (AvgIpc) is 2.77. The second-order valence-corrected chi connectivity index (χ2v) is 7.38. The second-order valence-electron chi connectivity index (χ2n) is 7.38. The summed E-state index contributed by atoms with van der Waals surface area (Å²) in [4.78, 5) is 16.7. The Balaban J connectivity index is 1.65. The van der Waals surface area contributed by atoms with E-state index in [1.807, 2.05) is 24.3 Å². The lowest BCUT2D eigenvalue weighted by Crippen LogP contribution is -2.41. The van der Waals surface area contributed by atoms with Crippen LogP contribution in [0.2, 0.25) is 0 Å². The molecule has 0 aromatic heterocycles. The van der Waals surface area contributed by atoms with Gasteiger partial charge in [-0.05, 0) is 42.0 Å². The molecule has 3 aromatic carbocycles. The first kappa shape index (κ1) is 20.1. The zero-order chi connectivity index (χ0) is 21.1. The summed E-state index contributed by atoms with van der Waals surface area (Å²) < 4.78 is 5.93. The van der Waals surface area contributed by atoms with E-state index in [0.717, 1.165) is 11.8 Å². The molecule has 6 heteroatoms. The molecule has 3 aromatic rings. The quantitative estimate of drug-likeness (QED) is 0.633. The average molecular weight is 405 g/mol. The molecule has 2 atom stereocenters. The summed E-state index contributed by atoms with van der Waals surface area (Å²) >= 11 is 0. The minimum absolute atomic E-state index is 0.0514. The zero-order valence-corrected chi connectivity index (χ0v) is 16.6. The van der Waals surface area contributed by atoms with Gasteiger partial charge in [0.1, 0.15) is 17.8 Å². The molecule has 1 aliphatic heterocycles. The lowest BCUT2D eigenvalue weighted by molar-refractivity contribution is -0.312. The maximum Gasteiger partial charge on any atom is 0.241 e. The van der Waals surface area contributed by atoms with E-state index in [4.69, 9.17) is 9.57 Å². The van der Waals surface area contributed by atoms with Crippen LogP contribution in [0.4, 0.5) is 0 Å².